The molecule has 154 valence electrons. The van der Waals surface area contributed by atoms with Crippen LogP contribution in [0.2, 0.25) is 0 Å². The van der Waals surface area contributed by atoms with Gasteiger partial charge in [0.25, 0.3) is 11.8 Å². The molecular weight excluding hydrogens is 398 g/mol. The van der Waals surface area contributed by atoms with Crippen LogP contribution in [0.5, 0.6) is 5.75 Å². The number of benzene rings is 2. The fourth-order valence-electron chi connectivity index (χ4n) is 3.52. The Morgan fingerprint density at radius 1 is 1.10 bits per heavy atom. The van der Waals surface area contributed by atoms with Gasteiger partial charge in [0.05, 0.1) is 7.11 Å². The van der Waals surface area contributed by atoms with Crippen molar-refractivity contribution in [2.45, 2.75) is 18.9 Å². The molecule has 2 heterocycles. The van der Waals surface area contributed by atoms with E-state index in [0.29, 0.717) is 30.1 Å². The molecule has 0 bridgehead atoms. The van der Waals surface area contributed by atoms with E-state index in [1.165, 1.54) is 11.3 Å². The molecule has 30 heavy (non-hydrogen) atoms. The summed E-state index contributed by atoms with van der Waals surface area (Å²) >= 11 is 1.46. The zero-order valence-electron chi connectivity index (χ0n) is 16.7. The van der Waals surface area contributed by atoms with E-state index in [9.17, 15) is 9.59 Å². The van der Waals surface area contributed by atoms with Crippen LogP contribution in [0.1, 0.15) is 33.7 Å². The van der Waals surface area contributed by atoms with Crippen LogP contribution in [0.4, 0.5) is 0 Å². The van der Waals surface area contributed by atoms with Crippen molar-refractivity contribution in [1.29, 1.82) is 0 Å². The molecule has 2 amide bonds. The van der Waals surface area contributed by atoms with Crippen LogP contribution in [-0.2, 0) is 0 Å². The minimum atomic E-state index is -0.161. The zero-order valence-corrected chi connectivity index (χ0v) is 17.5. The predicted molar refractivity (Wildman–Crippen MR) is 117 cm³/mol. The number of carbonyl (C=O) groups excluding carboxylic acids is 2. The highest BCUT2D eigenvalue weighted by atomic mass is 32.1. The summed E-state index contributed by atoms with van der Waals surface area (Å²) in [5, 5.41) is 5.69. The average molecular weight is 422 g/mol. The van der Waals surface area contributed by atoms with Gasteiger partial charge in [0.15, 0.2) is 0 Å². The van der Waals surface area contributed by atoms with Crippen molar-refractivity contribution in [1.82, 2.24) is 15.2 Å². The lowest BCUT2D eigenvalue weighted by Crippen LogP contribution is -2.46. The number of methoxy groups -OCH3 is 1. The molecule has 0 saturated carbocycles. The fourth-order valence-corrected chi connectivity index (χ4v) is 4.32. The largest absolute Gasteiger partial charge is 0.497 e. The van der Waals surface area contributed by atoms with E-state index in [4.69, 9.17) is 4.74 Å². The van der Waals surface area contributed by atoms with Crippen LogP contribution in [0, 0.1) is 0 Å². The molecule has 1 N–H and O–H groups in total. The maximum Gasteiger partial charge on any atom is 0.270 e. The number of piperidine rings is 1. The molecule has 1 aliphatic rings. The topological polar surface area (TPSA) is 71.5 Å². The molecule has 6 nitrogen and oxygen atoms in total. The third-order valence-corrected chi connectivity index (χ3v) is 6.08. The Kier molecular flexibility index (Phi) is 6.09. The Balaban J connectivity index is 1.32. The molecule has 2 aromatic carbocycles. The summed E-state index contributed by atoms with van der Waals surface area (Å²) in [7, 11) is 1.59. The first-order valence-corrected chi connectivity index (χ1v) is 10.8. The molecule has 0 aliphatic carbocycles. The Morgan fingerprint density at radius 2 is 1.87 bits per heavy atom. The minimum absolute atomic E-state index is 0.00863. The molecule has 0 radical (unpaired) electrons. The molecule has 4 rings (SSSR count). The molecule has 7 heteroatoms. The van der Waals surface area contributed by atoms with Gasteiger partial charge in [-0.2, -0.15) is 0 Å². The van der Waals surface area contributed by atoms with Crippen molar-refractivity contribution < 1.29 is 14.3 Å². The van der Waals surface area contributed by atoms with E-state index < -0.39 is 0 Å². The second kappa shape index (κ2) is 9.09. The number of nitrogens with zero attached hydrogens (tertiary/aromatic N) is 2. The van der Waals surface area contributed by atoms with E-state index in [1.54, 1.807) is 24.6 Å². The molecule has 0 unspecified atom stereocenters. The second-order valence-corrected chi connectivity index (χ2v) is 8.03. The van der Waals surface area contributed by atoms with Gasteiger partial charge < -0.3 is 15.0 Å². The number of ether oxygens (including phenoxy) is 1. The lowest BCUT2D eigenvalue weighted by molar-refractivity contribution is 0.0697. The summed E-state index contributed by atoms with van der Waals surface area (Å²) in [6.45, 7) is 1.21. The van der Waals surface area contributed by atoms with Crippen LogP contribution >= 0.6 is 11.3 Å². The van der Waals surface area contributed by atoms with Gasteiger partial charge in [0.1, 0.15) is 16.5 Å². The summed E-state index contributed by atoms with van der Waals surface area (Å²) in [6, 6.07) is 17.1. The third kappa shape index (κ3) is 4.52. The van der Waals surface area contributed by atoms with Crippen LogP contribution in [0.3, 0.4) is 0 Å². The number of aromatic nitrogens is 1. The highest BCUT2D eigenvalue weighted by Crippen LogP contribution is 2.23. The van der Waals surface area contributed by atoms with E-state index >= 15 is 0 Å². The second-order valence-electron chi connectivity index (χ2n) is 7.18. The van der Waals surface area contributed by atoms with Crippen molar-refractivity contribution in [2.24, 2.45) is 0 Å². The van der Waals surface area contributed by atoms with Crippen molar-refractivity contribution >= 4 is 23.2 Å². The molecule has 1 saturated heterocycles. The maximum absolute atomic E-state index is 12.7. The van der Waals surface area contributed by atoms with Crippen LogP contribution < -0.4 is 10.1 Å². The Hall–Kier alpha value is -3.19. The molecule has 0 spiro atoms. The van der Waals surface area contributed by atoms with Gasteiger partial charge in [-0.3, -0.25) is 9.59 Å². The van der Waals surface area contributed by atoms with Crippen molar-refractivity contribution in [3.8, 4) is 16.3 Å². The fraction of sp³-hybridized carbons (Fsp3) is 0.261. The molecule has 1 aliphatic heterocycles. The summed E-state index contributed by atoms with van der Waals surface area (Å²) in [5.41, 5.74) is 2.06. The van der Waals surface area contributed by atoms with Gasteiger partial charge in [0, 0.05) is 35.6 Å². The maximum atomic E-state index is 12.7. The lowest BCUT2D eigenvalue weighted by atomic mass is 10.0. The number of hydrogen-bond donors (Lipinski definition) is 1. The average Bonchev–Trinajstić information content (AvgIpc) is 3.30. The van der Waals surface area contributed by atoms with Gasteiger partial charge >= 0.3 is 0 Å². The molecule has 3 aromatic rings. The van der Waals surface area contributed by atoms with Gasteiger partial charge in [-0.05, 0) is 31.0 Å². The van der Waals surface area contributed by atoms with E-state index in [-0.39, 0.29) is 17.9 Å². The highest BCUT2D eigenvalue weighted by molar-refractivity contribution is 7.13. The smallest absolute Gasteiger partial charge is 0.270 e. The first kappa shape index (κ1) is 20.1. The van der Waals surface area contributed by atoms with Gasteiger partial charge in [0.2, 0.25) is 0 Å². The van der Waals surface area contributed by atoms with Crippen molar-refractivity contribution in [2.75, 3.05) is 20.2 Å². The SMILES string of the molecule is COc1cccc(C(=O)N2CCC(NC(=O)c3csc(-c4ccccc4)n3)CC2)c1. The van der Waals surface area contributed by atoms with Crippen molar-refractivity contribution in [3.05, 3.63) is 71.2 Å². The normalized spacial score (nSPS) is 14.4. The number of carbonyl (C=O) groups is 2. The summed E-state index contributed by atoms with van der Waals surface area (Å²) in [6.07, 6.45) is 1.44. The van der Waals surface area contributed by atoms with E-state index in [1.807, 2.05) is 47.4 Å². The number of amides is 2. The summed E-state index contributed by atoms with van der Waals surface area (Å²) < 4.78 is 5.20. The standard InChI is InChI=1S/C23H23N3O3S/c1-29-19-9-5-8-17(14-19)23(28)26-12-10-18(11-13-26)24-21(27)20-15-30-22(25-20)16-6-3-2-4-7-16/h2-9,14-15,18H,10-13H2,1H3,(H,24,27). The number of thiazole rings is 1. The molecular formula is C23H23N3O3S. The lowest BCUT2D eigenvalue weighted by Gasteiger charge is -2.32. The van der Waals surface area contributed by atoms with E-state index in [0.717, 1.165) is 23.4 Å². The van der Waals surface area contributed by atoms with Crippen LogP contribution in [-0.4, -0.2) is 47.9 Å². The number of hydrogen-bond acceptors (Lipinski definition) is 5. The van der Waals surface area contributed by atoms with Gasteiger partial charge in [-0.15, -0.1) is 11.3 Å². The van der Waals surface area contributed by atoms with Crippen LogP contribution in [0.15, 0.2) is 60.0 Å². The highest BCUT2D eigenvalue weighted by Gasteiger charge is 2.25. The first-order valence-electron chi connectivity index (χ1n) is 9.89. The minimum Gasteiger partial charge on any atom is -0.497 e. The number of likely N-dealkylation sites (tertiary alicyclic amines) is 1. The van der Waals surface area contributed by atoms with Gasteiger partial charge in [-0.25, -0.2) is 4.98 Å². The Labute approximate surface area is 179 Å². The zero-order chi connectivity index (χ0) is 20.9. The first-order chi connectivity index (χ1) is 14.6. The molecule has 1 aromatic heterocycles. The van der Waals surface area contributed by atoms with Crippen molar-refractivity contribution in [3.63, 3.8) is 0 Å². The van der Waals surface area contributed by atoms with Crippen LogP contribution in [0.25, 0.3) is 10.6 Å². The Morgan fingerprint density at radius 3 is 2.60 bits per heavy atom. The summed E-state index contributed by atoms with van der Waals surface area (Å²) in [4.78, 5) is 31.6. The van der Waals surface area contributed by atoms with E-state index in [2.05, 4.69) is 10.3 Å². The monoisotopic (exact) mass is 421 g/mol. The Bertz CT molecular complexity index is 1030. The number of rotatable bonds is 5. The predicted octanol–water partition coefficient (Wildman–Crippen LogP) is 3.85. The molecule has 0 atom stereocenters. The summed E-state index contributed by atoms with van der Waals surface area (Å²) in [5.74, 6) is 0.498. The molecule has 1 fully saturated rings. The number of nitrogens with one attached hydrogen (secondary N) is 1. The quantitative estimate of drug-likeness (QED) is 0.679. The van der Waals surface area contributed by atoms with Gasteiger partial charge in [-0.1, -0.05) is 36.4 Å². The third-order valence-electron chi connectivity index (χ3n) is 5.19.